The van der Waals surface area contributed by atoms with Gasteiger partial charge in [-0.05, 0) is 58.1 Å². The van der Waals surface area contributed by atoms with Gasteiger partial charge in [-0.15, -0.1) is 5.53 Å². The average Bonchev–Trinajstić information content (AvgIpc) is 3.43. The summed E-state index contributed by atoms with van der Waals surface area (Å²) < 4.78 is 22.9. The van der Waals surface area contributed by atoms with Crippen LogP contribution >= 0.6 is 0 Å². The van der Waals surface area contributed by atoms with Gasteiger partial charge in [0, 0.05) is 49.9 Å². The Morgan fingerprint density at radius 3 is 2.76 bits per heavy atom. The van der Waals surface area contributed by atoms with Gasteiger partial charge >= 0.3 is 6.03 Å². The molecule has 6 aliphatic heterocycles. The molecule has 5 saturated heterocycles. The normalized spacial score (nSPS) is 41.0. The molecule has 6 aliphatic rings. The Labute approximate surface area is 248 Å². The standard InChI is InChI=1S/C29H48FN9O3/c1-6-23(40)36-14-18(5)37(15-17(36)4)26-20-12-21(30)28-33-27(20)38(29(41)34-26)25-22(9-10-31-24(25)16(2)3)42-11-7-8-19-13-32-35-39(19)28/h6,13,16-18,20-22,24-28,31-33,35H,1,7-12,14-15H2,2-5H3,(H,34,41)/t17-,18+,20?,21?,22?,24?,25?,26?,27?,28?/m1/s1. The van der Waals surface area contributed by atoms with Gasteiger partial charge < -0.3 is 30.6 Å². The topological polar surface area (TPSA) is 116 Å². The summed E-state index contributed by atoms with van der Waals surface area (Å²) in [6.45, 7) is 14.6. The number of halogens is 1. The van der Waals surface area contributed by atoms with E-state index in [1.54, 1.807) is 0 Å². The molecule has 13 heteroatoms. The van der Waals surface area contributed by atoms with Crippen LogP contribution in [0.2, 0.25) is 0 Å². The number of carbonyl (C=O) groups is 2. The predicted octanol–water partition coefficient (Wildman–Crippen LogP) is 0.776. The van der Waals surface area contributed by atoms with E-state index in [9.17, 15) is 9.59 Å². The summed E-state index contributed by atoms with van der Waals surface area (Å²) in [6.07, 6.45) is 3.12. The van der Waals surface area contributed by atoms with Crippen molar-refractivity contribution in [1.82, 2.24) is 46.6 Å². The number of fused-ring (bicyclic) bond motifs is 5. The summed E-state index contributed by atoms with van der Waals surface area (Å²) in [4.78, 5) is 32.9. The number of hydrogen-bond donors (Lipinski definition) is 5. The third-order valence-electron chi connectivity index (χ3n) is 10.2. The molecule has 5 N–H and O–H groups in total. The number of rotatable bonds is 3. The van der Waals surface area contributed by atoms with Crippen LogP contribution in [0.25, 0.3) is 0 Å². The second kappa shape index (κ2) is 11.9. The maximum Gasteiger partial charge on any atom is 0.320 e. The minimum absolute atomic E-state index is 0.0289. The van der Waals surface area contributed by atoms with Crippen LogP contribution in [-0.4, -0.2) is 113 Å². The van der Waals surface area contributed by atoms with Crippen molar-refractivity contribution in [3.05, 3.63) is 24.6 Å². The Morgan fingerprint density at radius 2 is 2.00 bits per heavy atom. The summed E-state index contributed by atoms with van der Waals surface area (Å²) in [5.74, 6) is -0.0576. The van der Waals surface area contributed by atoms with Crippen molar-refractivity contribution in [2.24, 2.45) is 11.8 Å². The molecule has 0 spiro atoms. The number of nitrogens with one attached hydrogen (secondary N) is 5. The molecule has 6 heterocycles. The van der Waals surface area contributed by atoms with Crippen LogP contribution in [0.1, 0.15) is 53.4 Å². The molecule has 0 aromatic rings. The van der Waals surface area contributed by atoms with Gasteiger partial charge in [-0.3, -0.25) is 20.0 Å². The Hall–Kier alpha value is -2.45. The van der Waals surface area contributed by atoms with E-state index in [1.807, 2.05) is 27.9 Å². The molecule has 3 amide bonds. The quantitative estimate of drug-likeness (QED) is 0.305. The van der Waals surface area contributed by atoms with Crippen LogP contribution in [0.5, 0.6) is 0 Å². The van der Waals surface area contributed by atoms with Gasteiger partial charge in [0.25, 0.3) is 0 Å². The molecule has 0 aromatic carbocycles. The van der Waals surface area contributed by atoms with Crippen LogP contribution in [0.15, 0.2) is 24.6 Å². The van der Waals surface area contributed by atoms with E-state index in [1.165, 1.54) is 6.08 Å². The lowest BCUT2D eigenvalue weighted by molar-refractivity contribution is -0.140. The second-order valence-electron chi connectivity index (χ2n) is 13.1. The molecule has 0 aliphatic carbocycles. The first-order valence-corrected chi connectivity index (χ1v) is 15.7. The maximum atomic E-state index is 16.3. The lowest BCUT2D eigenvalue weighted by atomic mass is 9.81. The van der Waals surface area contributed by atoms with Gasteiger partial charge in [0.15, 0.2) is 0 Å². The number of nitrogens with zero attached hydrogens (tertiary/aromatic N) is 4. The first kappa shape index (κ1) is 29.6. The Bertz CT molecular complexity index is 1080. The summed E-state index contributed by atoms with van der Waals surface area (Å²) in [6, 6.07) is -0.440. The SMILES string of the molecule is C=CC(=O)N1C[C@H](C)N(C2NC(=O)N3C4NC(C(F)CC42)N2NNC=C2CCCOC2CCNC(C(C)C)C23)C[C@H]1C. The third kappa shape index (κ3) is 5.17. The molecule has 5 fully saturated rings. The number of allylic oxidation sites excluding steroid dienone is 1. The van der Waals surface area contributed by atoms with Gasteiger partial charge in [-0.2, -0.15) is 0 Å². The summed E-state index contributed by atoms with van der Waals surface area (Å²) in [5.41, 5.74) is 7.14. The molecule has 2 bridgehead atoms. The predicted molar refractivity (Wildman–Crippen MR) is 156 cm³/mol. The lowest BCUT2D eigenvalue weighted by Crippen LogP contribution is -2.81. The third-order valence-corrected chi connectivity index (χ3v) is 10.2. The molecular formula is C29H48FN9O3. The molecular weight excluding hydrogens is 541 g/mol. The van der Waals surface area contributed by atoms with E-state index in [-0.39, 0.29) is 66.6 Å². The summed E-state index contributed by atoms with van der Waals surface area (Å²) >= 11 is 0. The van der Waals surface area contributed by atoms with Gasteiger partial charge in [-0.1, -0.05) is 20.4 Å². The molecule has 0 radical (unpaired) electrons. The maximum absolute atomic E-state index is 16.3. The van der Waals surface area contributed by atoms with E-state index in [2.05, 4.69) is 59.2 Å². The van der Waals surface area contributed by atoms with Crippen molar-refractivity contribution in [2.45, 2.75) is 108 Å². The zero-order valence-electron chi connectivity index (χ0n) is 25.3. The second-order valence-corrected chi connectivity index (χ2v) is 13.1. The number of hydrogen-bond acceptors (Lipinski definition) is 9. The van der Waals surface area contributed by atoms with Crippen molar-refractivity contribution >= 4 is 11.9 Å². The molecule has 0 aromatic heterocycles. The molecule has 8 unspecified atom stereocenters. The fourth-order valence-electron chi connectivity index (χ4n) is 8.13. The van der Waals surface area contributed by atoms with Crippen molar-refractivity contribution < 1.29 is 18.7 Å². The number of piperidine rings is 2. The molecule has 42 heavy (non-hydrogen) atoms. The van der Waals surface area contributed by atoms with Crippen LogP contribution in [0, 0.1) is 11.8 Å². The Morgan fingerprint density at radius 1 is 1.19 bits per heavy atom. The van der Waals surface area contributed by atoms with Gasteiger partial charge in [-0.25, -0.2) is 9.18 Å². The number of carbonyl (C=O) groups excluding carboxylic acids is 2. The smallest absolute Gasteiger partial charge is 0.320 e. The Kier molecular flexibility index (Phi) is 8.40. The summed E-state index contributed by atoms with van der Waals surface area (Å²) in [5, 5.41) is 12.5. The molecule has 6 rings (SSSR count). The number of amides is 3. The highest BCUT2D eigenvalue weighted by molar-refractivity contribution is 5.87. The van der Waals surface area contributed by atoms with Crippen molar-refractivity contribution in [3.63, 3.8) is 0 Å². The van der Waals surface area contributed by atoms with Crippen LogP contribution in [0.4, 0.5) is 9.18 Å². The Balaban J connectivity index is 1.37. The number of hydrazine groups is 2. The van der Waals surface area contributed by atoms with E-state index >= 15 is 4.39 Å². The first-order chi connectivity index (χ1) is 20.2. The van der Waals surface area contributed by atoms with Gasteiger partial charge in [0.05, 0.1) is 30.2 Å². The average molecular weight is 590 g/mol. The van der Waals surface area contributed by atoms with E-state index in [0.29, 0.717) is 19.7 Å². The highest BCUT2D eigenvalue weighted by atomic mass is 19.1. The van der Waals surface area contributed by atoms with E-state index in [4.69, 9.17) is 4.74 Å². The first-order valence-electron chi connectivity index (χ1n) is 15.7. The highest BCUT2D eigenvalue weighted by Gasteiger charge is 2.57. The fourth-order valence-corrected chi connectivity index (χ4v) is 8.13. The molecule has 234 valence electrons. The van der Waals surface area contributed by atoms with Crippen LogP contribution in [0.3, 0.4) is 0 Å². The fraction of sp³-hybridized carbons (Fsp3) is 0.793. The van der Waals surface area contributed by atoms with Crippen molar-refractivity contribution in [3.8, 4) is 0 Å². The van der Waals surface area contributed by atoms with Gasteiger partial charge in [0.1, 0.15) is 12.3 Å². The largest absolute Gasteiger partial charge is 0.376 e. The highest BCUT2D eigenvalue weighted by Crippen LogP contribution is 2.39. The molecule has 12 nitrogen and oxygen atoms in total. The summed E-state index contributed by atoms with van der Waals surface area (Å²) in [7, 11) is 0. The van der Waals surface area contributed by atoms with E-state index in [0.717, 1.165) is 31.5 Å². The van der Waals surface area contributed by atoms with Crippen molar-refractivity contribution in [1.29, 1.82) is 0 Å². The van der Waals surface area contributed by atoms with Gasteiger partial charge in [0.2, 0.25) is 5.91 Å². The lowest BCUT2D eigenvalue weighted by Gasteiger charge is -2.60. The van der Waals surface area contributed by atoms with Crippen LogP contribution < -0.4 is 26.9 Å². The van der Waals surface area contributed by atoms with Crippen LogP contribution in [-0.2, 0) is 9.53 Å². The number of urea groups is 1. The minimum atomic E-state index is -1.18. The van der Waals surface area contributed by atoms with E-state index < -0.39 is 18.5 Å². The van der Waals surface area contributed by atoms with Crippen molar-refractivity contribution in [2.75, 3.05) is 26.2 Å². The monoisotopic (exact) mass is 589 g/mol. The number of piperazine rings is 1. The zero-order chi connectivity index (χ0) is 29.7. The molecule has 10 atom stereocenters. The number of alkyl halides is 1. The number of ether oxygens (including phenoxy) is 1. The zero-order valence-corrected chi connectivity index (χ0v) is 25.3. The minimum Gasteiger partial charge on any atom is -0.376 e. The molecule has 0 saturated carbocycles.